The van der Waals surface area contributed by atoms with Crippen LogP contribution in [-0.4, -0.2) is 30.3 Å². The Balaban J connectivity index is 2.05. The molecule has 3 rings (SSSR count). The van der Waals surface area contributed by atoms with Gasteiger partial charge in [0.2, 0.25) is 0 Å². The van der Waals surface area contributed by atoms with E-state index in [0.29, 0.717) is 5.71 Å². The molecule has 2 aromatic rings. The fraction of sp³-hybridized carbons (Fsp3) is 0.391. The van der Waals surface area contributed by atoms with Crippen LogP contribution in [0, 0.1) is 11.8 Å². The van der Waals surface area contributed by atoms with Gasteiger partial charge in [0.15, 0.2) is 6.04 Å². The van der Waals surface area contributed by atoms with Gasteiger partial charge in [0.05, 0.1) is 12.3 Å². The van der Waals surface area contributed by atoms with Crippen molar-refractivity contribution in [2.75, 3.05) is 6.61 Å². The Morgan fingerprint density at radius 2 is 1.64 bits per heavy atom. The van der Waals surface area contributed by atoms with Crippen LogP contribution in [0.1, 0.15) is 37.8 Å². The maximum Gasteiger partial charge on any atom is 0.331 e. The molecule has 28 heavy (non-hydrogen) atoms. The van der Waals surface area contributed by atoms with Gasteiger partial charge < -0.3 is 4.74 Å². The molecule has 0 N–H and O–H groups in total. The van der Waals surface area contributed by atoms with Gasteiger partial charge in [-0.2, -0.15) is 0 Å². The molecular formula is C23H25F2NO2. The first kappa shape index (κ1) is 20.2. The Labute approximate surface area is 164 Å². The van der Waals surface area contributed by atoms with Crippen LogP contribution < -0.4 is 0 Å². The van der Waals surface area contributed by atoms with E-state index in [1.54, 1.807) is 6.92 Å². The number of benzene rings is 2. The third-order valence-corrected chi connectivity index (χ3v) is 5.25. The summed E-state index contributed by atoms with van der Waals surface area (Å²) in [6.45, 7) is 3.43. The van der Waals surface area contributed by atoms with Gasteiger partial charge >= 0.3 is 5.97 Å². The van der Waals surface area contributed by atoms with Crippen molar-refractivity contribution in [2.24, 2.45) is 16.8 Å². The topological polar surface area (TPSA) is 38.7 Å². The first-order valence-corrected chi connectivity index (χ1v) is 9.65. The maximum atomic E-state index is 14.2. The van der Waals surface area contributed by atoms with Crippen molar-refractivity contribution in [3.8, 4) is 0 Å². The van der Waals surface area contributed by atoms with Crippen molar-refractivity contribution < 1.29 is 18.3 Å². The van der Waals surface area contributed by atoms with Gasteiger partial charge in [-0.3, -0.25) is 4.99 Å². The van der Waals surface area contributed by atoms with E-state index in [2.05, 4.69) is 0 Å². The van der Waals surface area contributed by atoms with Crippen LogP contribution in [0.4, 0.5) is 8.78 Å². The van der Waals surface area contributed by atoms with E-state index in [4.69, 9.17) is 9.73 Å². The summed E-state index contributed by atoms with van der Waals surface area (Å²) in [6.07, 6.45) is -0.102. The number of rotatable bonds is 6. The zero-order valence-electron chi connectivity index (χ0n) is 16.1. The van der Waals surface area contributed by atoms with E-state index < -0.39 is 29.8 Å². The van der Waals surface area contributed by atoms with Crippen molar-refractivity contribution in [1.29, 1.82) is 0 Å². The number of hydrogen-bond acceptors (Lipinski definition) is 3. The molecule has 3 nitrogen and oxygen atoms in total. The van der Waals surface area contributed by atoms with Gasteiger partial charge in [-0.15, -0.1) is 0 Å². The van der Waals surface area contributed by atoms with E-state index >= 15 is 0 Å². The summed E-state index contributed by atoms with van der Waals surface area (Å²) in [5.74, 6) is -4.65. The number of aliphatic imine (C=N–C) groups is 1. The van der Waals surface area contributed by atoms with Gasteiger partial charge in [0.25, 0.3) is 5.92 Å². The van der Waals surface area contributed by atoms with Crippen molar-refractivity contribution in [3.63, 3.8) is 0 Å². The second-order valence-corrected chi connectivity index (χ2v) is 7.27. The van der Waals surface area contributed by atoms with Gasteiger partial charge in [0, 0.05) is 23.5 Å². The Bertz CT molecular complexity index is 780. The molecule has 3 atom stereocenters. The smallest absolute Gasteiger partial charge is 0.331 e. The Morgan fingerprint density at radius 1 is 1.11 bits per heavy atom. The lowest BCUT2D eigenvalue weighted by atomic mass is 9.95. The number of alkyl halides is 2. The molecule has 0 aromatic heterocycles. The maximum absolute atomic E-state index is 14.2. The number of carbonyl (C=O) groups excluding carboxylic acids is 1. The van der Waals surface area contributed by atoms with E-state index in [0.717, 1.165) is 11.1 Å². The molecule has 5 heteroatoms. The van der Waals surface area contributed by atoms with Crippen LogP contribution in [0.25, 0.3) is 0 Å². The zero-order chi connectivity index (χ0) is 20.1. The highest BCUT2D eigenvalue weighted by Crippen LogP contribution is 2.45. The van der Waals surface area contributed by atoms with E-state index in [-0.39, 0.29) is 19.4 Å². The Hall–Kier alpha value is -2.56. The highest BCUT2D eigenvalue weighted by Gasteiger charge is 2.50. The summed E-state index contributed by atoms with van der Waals surface area (Å²) in [5, 5.41) is 0. The van der Waals surface area contributed by atoms with Crippen LogP contribution in [0.15, 0.2) is 65.7 Å². The summed E-state index contributed by atoms with van der Waals surface area (Å²) in [5.41, 5.74) is 2.28. The van der Waals surface area contributed by atoms with Gasteiger partial charge in [-0.1, -0.05) is 67.6 Å². The highest BCUT2D eigenvalue weighted by molar-refractivity contribution is 6.13. The second-order valence-electron chi connectivity index (χ2n) is 7.27. The minimum absolute atomic E-state index is 0.190. The molecule has 3 unspecified atom stereocenters. The predicted molar refractivity (Wildman–Crippen MR) is 106 cm³/mol. The average molecular weight is 385 g/mol. The van der Waals surface area contributed by atoms with Crippen LogP contribution in [0.3, 0.4) is 0 Å². The lowest BCUT2D eigenvalue weighted by Gasteiger charge is -2.20. The summed E-state index contributed by atoms with van der Waals surface area (Å²) >= 11 is 0. The number of esters is 1. The van der Waals surface area contributed by atoms with Crippen LogP contribution in [0.2, 0.25) is 0 Å². The molecule has 2 aromatic carbocycles. The summed E-state index contributed by atoms with van der Waals surface area (Å²) < 4.78 is 33.6. The lowest BCUT2D eigenvalue weighted by molar-refractivity contribution is -0.146. The second kappa shape index (κ2) is 8.63. The lowest BCUT2D eigenvalue weighted by Crippen LogP contribution is -2.31. The molecule has 148 valence electrons. The number of hydrogen-bond donors (Lipinski definition) is 0. The molecule has 0 radical (unpaired) electrons. The van der Waals surface area contributed by atoms with Gasteiger partial charge in [0.1, 0.15) is 0 Å². The molecule has 0 saturated heterocycles. The number of carbonyl (C=O) groups is 1. The molecule has 0 aliphatic heterocycles. The first-order chi connectivity index (χ1) is 13.4. The molecule has 0 heterocycles. The molecular weight excluding hydrogens is 360 g/mol. The quantitative estimate of drug-likeness (QED) is 0.510. The van der Waals surface area contributed by atoms with E-state index in [1.165, 1.54) is 6.92 Å². The molecule has 1 aliphatic carbocycles. The number of halogens is 2. The first-order valence-electron chi connectivity index (χ1n) is 9.65. The normalized spacial score (nSPS) is 21.7. The molecule has 1 saturated carbocycles. The standard InChI is InChI=1S/C23H25F2NO2/c1-3-28-22(27)21(19-14-16(2)23(24,25)15-19)26-20(17-10-6-4-7-11-17)18-12-8-5-9-13-18/h4-13,16,19,21H,3,14-15H2,1-2H3. The fourth-order valence-electron chi connectivity index (χ4n) is 3.73. The third kappa shape index (κ3) is 4.46. The SMILES string of the molecule is CCOC(=O)C(N=C(c1ccccc1)c1ccccc1)C1CC(C)C(F)(F)C1. The Morgan fingerprint density at radius 3 is 2.07 bits per heavy atom. The van der Waals surface area contributed by atoms with Crippen LogP contribution in [-0.2, 0) is 9.53 Å². The number of ether oxygens (including phenoxy) is 1. The largest absolute Gasteiger partial charge is 0.464 e. The molecule has 0 amide bonds. The molecule has 1 fully saturated rings. The molecule has 0 bridgehead atoms. The van der Waals surface area contributed by atoms with Crippen LogP contribution >= 0.6 is 0 Å². The highest BCUT2D eigenvalue weighted by atomic mass is 19.3. The van der Waals surface area contributed by atoms with Crippen molar-refractivity contribution in [2.45, 2.75) is 38.7 Å². The summed E-state index contributed by atoms with van der Waals surface area (Å²) in [7, 11) is 0. The van der Waals surface area contributed by atoms with E-state index in [1.807, 2.05) is 60.7 Å². The summed E-state index contributed by atoms with van der Waals surface area (Å²) in [4.78, 5) is 17.4. The van der Waals surface area contributed by atoms with Gasteiger partial charge in [-0.25, -0.2) is 13.6 Å². The van der Waals surface area contributed by atoms with Gasteiger partial charge in [-0.05, 0) is 19.3 Å². The fourth-order valence-corrected chi connectivity index (χ4v) is 3.73. The van der Waals surface area contributed by atoms with Crippen LogP contribution in [0.5, 0.6) is 0 Å². The minimum atomic E-state index is -2.79. The average Bonchev–Trinajstić information content (AvgIpc) is 2.96. The Kier molecular flexibility index (Phi) is 6.22. The zero-order valence-corrected chi connectivity index (χ0v) is 16.1. The predicted octanol–water partition coefficient (Wildman–Crippen LogP) is 5.14. The monoisotopic (exact) mass is 385 g/mol. The van der Waals surface area contributed by atoms with Crippen molar-refractivity contribution in [1.82, 2.24) is 0 Å². The third-order valence-electron chi connectivity index (χ3n) is 5.25. The molecule has 1 aliphatic rings. The summed E-state index contributed by atoms with van der Waals surface area (Å²) in [6, 6.07) is 18.0. The molecule has 0 spiro atoms. The number of nitrogens with zero attached hydrogens (tertiary/aromatic N) is 1. The van der Waals surface area contributed by atoms with Crippen molar-refractivity contribution >= 4 is 11.7 Å². The minimum Gasteiger partial charge on any atom is -0.464 e. The van der Waals surface area contributed by atoms with Crippen molar-refractivity contribution in [3.05, 3.63) is 71.8 Å². The van der Waals surface area contributed by atoms with E-state index in [9.17, 15) is 13.6 Å².